The van der Waals surface area contributed by atoms with Gasteiger partial charge in [-0.15, -0.1) is 0 Å². The van der Waals surface area contributed by atoms with Crippen molar-refractivity contribution in [3.05, 3.63) is 114 Å². The molecule has 0 radical (unpaired) electrons. The minimum absolute atomic E-state index is 0.415. The van der Waals surface area contributed by atoms with Gasteiger partial charge in [-0.05, 0) is 54.0 Å². The van der Waals surface area contributed by atoms with E-state index in [1.54, 1.807) is 19.4 Å². The second-order valence-electron chi connectivity index (χ2n) is 8.92. The number of pyridine rings is 1. The Morgan fingerprint density at radius 2 is 1.74 bits per heavy atom. The highest BCUT2D eigenvalue weighted by molar-refractivity contribution is 5.86. The molecule has 1 N–H and O–H groups in total. The standard InChI is InChI=1S/C30H32N2O2/c1-5-22-20-26(29(34-4)31-21-22)28(24-13-7-6-8-14-24)30(33,18-19-32(2)3)27-17-11-15-23-12-9-10-16-25(23)27/h5-17,20-21,28,33H,1,18-19H2,2-4H3. The molecular formula is C30H32N2O2. The maximum absolute atomic E-state index is 12.8. The number of rotatable bonds is 9. The summed E-state index contributed by atoms with van der Waals surface area (Å²) in [4.78, 5) is 6.67. The van der Waals surface area contributed by atoms with Crippen molar-refractivity contribution in [1.29, 1.82) is 0 Å². The molecule has 0 amide bonds. The van der Waals surface area contributed by atoms with Crippen molar-refractivity contribution >= 4 is 16.8 Å². The van der Waals surface area contributed by atoms with E-state index in [4.69, 9.17) is 4.74 Å². The minimum atomic E-state index is -1.23. The molecule has 34 heavy (non-hydrogen) atoms. The maximum atomic E-state index is 12.8. The summed E-state index contributed by atoms with van der Waals surface area (Å²) in [5.41, 5.74) is 2.37. The number of methoxy groups -OCH3 is 1. The zero-order chi connectivity index (χ0) is 24.1. The lowest BCUT2D eigenvalue weighted by Gasteiger charge is -2.39. The number of aromatic nitrogens is 1. The van der Waals surface area contributed by atoms with Gasteiger partial charge >= 0.3 is 0 Å². The monoisotopic (exact) mass is 452 g/mol. The summed E-state index contributed by atoms with van der Waals surface area (Å²) < 4.78 is 5.72. The van der Waals surface area contributed by atoms with E-state index < -0.39 is 11.5 Å². The molecule has 1 heterocycles. The first-order valence-electron chi connectivity index (χ1n) is 11.5. The predicted molar refractivity (Wildman–Crippen MR) is 140 cm³/mol. The number of benzene rings is 3. The predicted octanol–water partition coefficient (Wildman–Crippen LogP) is 5.86. The van der Waals surface area contributed by atoms with Gasteiger partial charge in [0, 0.05) is 24.2 Å². The van der Waals surface area contributed by atoms with Crippen LogP contribution in [-0.2, 0) is 5.60 Å². The molecule has 0 saturated heterocycles. The van der Waals surface area contributed by atoms with Crippen LogP contribution in [0.4, 0.5) is 0 Å². The Morgan fingerprint density at radius 1 is 1.03 bits per heavy atom. The molecule has 4 aromatic rings. The fourth-order valence-electron chi connectivity index (χ4n) is 4.76. The first-order valence-corrected chi connectivity index (χ1v) is 11.5. The second kappa shape index (κ2) is 10.2. The summed E-state index contributed by atoms with van der Waals surface area (Å²) in [6, 6.07) is 26.6. The largest absolute Gasteiger partial charge is 0.481 e. The van der Waals surface area contributed by atoms with Crippen molar-refractivity contribution in [1.82, 2.24) is 9.88 Å². The SMILES string of the molecule is C=Cc1cnc(OC)c(C(c2ccccc2)C(O)(CCN(C)C)c2cccc3ccccc23)c1. The van der Waals surface area contributed by atoms with E-state index in [1.807, 2.05) is 62.6 Å². The van der Waals surface area contributed by atoms with Crippen molar-refractivity contribution in [2.24, 2.45) is 0 Å². The van der Waals surface area contributed by atoms with E-state index in [0.29, 0.717) is 18.8 Å². The quantitative estimate of drug-likeness (QED) is 0.346. The first kappa shape index (κ1) is 23.7. The third-order valence-corrected chi connectivity index (χ3v) is 6.45. The number of aliphatic hydroxyl groups is 1. The van der Waals surface area contributed by atoms with Gasteiger partial charge in [-0.25, -0.2) is 4.98 Å². The number of nitrogens with zero attached hydrogens (tertiary/aromatic N) is 2. The normalized spacial score (nSPS) is 14.0. The summed E-state index contributed by atoms with van der Waals surface area (Å²) in [5.74, 6) is 0.0878. The molecule has 0 spiro atoms. The third-order valence-electron chi connectivity index (χ3n) is 6.45. The molecule has 174 valence electrons. The number of ether oxygens (including phenoxy) is 1. The zero-order valence-corrected chi connectivity index (χ0v) is 20.1. The maximum Gasteiger partial charge on any atom is 0.217 e. The lowest BCUT2D eigenvalue weighted by molar-refractivity contribution is 0.00515. The summed E-state index contributed by atoms with van der Waals surface area (Å²) in [6.45, 7) is 4.64. The Labute approximate surface area is 202 Å². The van der Waals surface area contributed by atoms with Gasteiger partial charge < -0.3 is 14.7 Å². The van der Waals surface area contributed by atoms with Crippen molar-refractivity contribution in [2.75, 3.05) is 27.7 Å². The van der Waals surface area contributed by atoms with E-state index in [2.05, 4.69) is 46.8 Å². The van der Waals surface area contributed by atoms with E-state index in [9.17, 15) is 5.11 Å². The highest BCUT2D eigenvalue weighted by Gasteiger charge is 2.43. The molecule has 0 bridgehead atoms. The average molecular weight is 453 g/mol. The van der Waals surface area contributed by atoms with Gasteiger partial charge in [0.2, 0.25) is 5.88 Å². The molecule has 0 aliphatic carbocycles. The van der Waals surface area contributed by atoms with E-state index in [-0.39, 0.29) is 0 Å². The summed E-state index contributed by atoms with van der Waals surface area (Å²) >= 11 is 0. The molecule has 4 rings (SSSR count). The van der Waals surface area contributed by atoms with Gasteiger partial charge in [-0.2, -0.15) is 0 Å². The first-order chi connectivity index (χ1) is 16.5. The fraction of sp³-hybridized carbons (Fsp3) is 0.233. The van der Waals surface area contributed by atoms with E-state index in [1.165, 1.54) is 0 Å². The summed E-state index contributed by atoms with van der Waals surface area (Å²) in [7, 11) is 5.68. The summed E-state index contributed by atoms with van der Waals surface area (Å²) in [6.07, 6.45) is 4.04. The second-order valence-corrected chi connectivity index (χ2v) is 8.92. The Morgan fingerprint density at radius 3 is 2.44 bits per heavy atom. The van der Waals surface area contributed by atoms with Gasteiger partial charge in [0.15, 0.2) is 0 Å². The van der Waals surface area contributed by atoms with Crippen molar-refractivity contribution in [3.63, 3.8) is 0 Å². The molecule has 0 saturated carbocycles. The van der Waals surface area contributed by atoms with E-state index in [0.717, 1.165) is 33.0 Å². The van der Waals surface area contributed by atoms with Gasteiger partial charge in [0.1, 0.15) is 5.60 Å². The Bertz CT molecular complexity index is 1260. The van der Waals surface area contributed by atoms with E-state index >= 15 is 0 Å². The number of fused-ring (bicyclic) bond motifs is 1. The zero-order valence-electron chi connectivity index (χ0n) is 20.1. The van der Waals surface area contributed by atoms with Crippen LogP contribution in [0.15, 0.2) is 91.6 Å². The van der Waals surface area contributed by atoms with Crippen LogP contribution in [0.25, 0.3) is 16.8 Å². The molecule has 4 heteroatoms. The van der Waals surface area contributed by atoms with Crippen LogP contribution < -0.4 is 4.74 Å². The van der Waals surface area contributed by atoms with Crippen LogP contribution >= 0.6 is 0 Å². The lowest BCUT2D eigenvalue weighted by atomic mass is 9.70. The highest BCUT2D eigenvalue weighted by atomic mass is 16.5. The van der Waals surface area contributed by atoms with Crippen LogP contribution in [0, 0.1) is 0 Å². The van der Waals surface area contributed by atoms with Crippen LogP contribution in [0.1, 0.15) is 34.6 Å². The fourth-order valence-corrected chi connectivity index (χ4v) is 4.76. The number of hydrogen-bond acceptors (Lipinski definition) is 4. The van der Waals surface area contributed by atoms with Crippen LogP contribution in [0.5, 0.6) is 5.88 Å². The van der Waals surface area contributed by atoms with Gasteiger partial charge in [-0.1, -0.05) is 85.5 Å². The Balaban J connectivity index is 2.05. The molecule has 0 aliphatic heterocycles. The van der Waals surface area contributed by atoms with Crippen LogP contribution in [-0.4, -0.2) is 42.7 Å². The van der Waals surface area contributed by atoms with Gasteiger partial charge in [0.05, 0.1) is 7.11 Å². The van der Waals surface area contributed by atoms with Crippen LogP contribution in [0.2, 0.25) is 0 Å². The molecule has 3 aromatic carbocycles. The Hall–Kier alpha value is -3.47. The van der Waals surface area contributed by atoms with Crippen molar-refractivity contribution in [2.45, 2.75) is 17.9 Å². The molecule has 4 nitrogen and oxygen atoms in total. The third kappa shape index (κ3) is 4.60. The van der Waals surface area contributed by atoms with Gasteiger partial charge in [0.25, 0.3) is 0 Å². The average Bonchev–Trinajstić information content (AvgIpc) is 2.87. The molecule has 0 fully saturated rings. The van der Waals surface area contributed by atoms with Crippen molar-refractivity contribution < 1.29 is 9.84 Å². The van der Waals surface area contributed by atoms with Crippen LogP contribution in [0.3, 0.4) is 0 Å². The molecule has 1 aromatic heterocycles. The molecular weight excluding hydrogens is 420 g/mol. The Kier molecular flexibility index (Phi) is 7.11. The minimum Gasteiger partial charge on any atom is -0.481 e. The molecule has 2 unspecified atom stereocenters. The number of hydrogen-bond donors (Lipinski definition) is 1. The van der Waals surface area contributed by atoms with Crippen molar-refractivity contribution in [3.8, 4) is 5.88 Å². The smallest absolute Gasteiger partial charge is 0.217 e. The lowest BCUT2D eigenvalue weighted by Crippen LogP contribution is -2.38. The highest BCUT2D eigenvalue weighted by Crippen LogP contribution is 2.48. The molecule has 0 aliphatic rings. The van der Waals surface area contributed by atoms with Gasteiger partial charge in [-0.3, -0.25) is 0 Å². The topological polar surface area (TPSA) is 45.6 Å². The summed E-state index contributed by atoms with van der Waals surface area (Å²) in [5, 5.41) is 15.0. The molecule has 2 atom stereocenters.